The van der Waals surface area contributed by atoms with E-state index >= 15 is 0 Å². The van der Waals surface area contributed by atoms with Crippen molar-refractivity contribution in [3.8, 4) is 11.1 Å². The monoisotopic (exact) mass is 276 g/mol. The van der Waals surface area contributed by atoms with Gasteiger partial charge in [-0.3, -0.25) is 4.79 Å². The first-order chi connectivity index (χ1) is 9.08. The van der Waals surface area contributed by atoms with Crippen LogP contribution in [0.1, 0.15) is 23.5 Å². The fourth-order valence-electron chi connectivity index (χ4n) is 2.73. The predicted molar refractivity (Wildman–Crippen MR) is 70.9 cm³/mol. The van der Waals surface area contributed by atoms with E-state index in [1.807, 2.05) is 6.07 Å². The summed E-state index contributed by atoms with van der Waals surface area (Å²) in [6, 6.07) is 9.84. The van der Waals surface area contributed by atoms with Gasteiger partial charge < -0.3 is 5.11 Å². The van der Waals surface area contributed by atoms with E-state index in [0.717, 1.165) is 16.7 Å². The number of carbonyl (C=O) groups is 1. The third-order valence-corrected chi connectivity index (χ3v) is 3.77. The van der Waals surface area contributed by atoms with Crippen LogP contribution in [0.5, 0.6) is 0 Å². The molecule has 2 aromatic rings. The molecular weight excluding hydrogens is 267 g/mol. The molecule has 0 bridgehead atoms. The Hall–Kier alpha value is -1.87. The smallest absolute Gasteiger partial charge is 0.304 e. The number of rotatable bonds is 2. The normalized spacial score (nSPS) is 16.0. The van der Waals surface area contributed by atoms with E-state index in [2.05, 4.69) is 0 Å². The van der Waals surface area contributed by atoms with Gasteiger partial charge in [0, 0.05) is 16.5 Å². The summed E-state index contributed by atoms with van der Waals surface area (Å²) < 4.78 is 13.4. The number of benzene rings is 2. The van der Waals surface area contributed by atoms with Crippen LogP contribution in [0.3, 0.4) is 0 Å². The number of hydrogen-bond donors (Lipinski definition) is 1. The Kier molecular flexibility index (Phi) is 2.79. The van der Waals surface area contributed by atoms with Crippen LogP contribution in [0.2, 0.25) is 5.02 Å². The molecule has 0 aliphatic heterocycles. The summed E-state index contributed by atoms with van der Waals surface area (Å²) in [5.74, 6) is -1.61. The maximum absolute atomic E-state index is 13.4. The second kappa shape index (κ2) is 4.35. The highest BCUT2D eigenvalue weighted by Crippen LogP contribution is 2.49. The van der Waals surface area contributed by atoms with Gasteiger partial charge in [-0.15, -0.1) is 0 Å². The summed E-state index contributed by atoms with van der Waals surface area (Å²) in [5, 5.41) is 9.60. The van der Waals surface area contributed by atoms with Gasteiger partial charge in [-0.1, -0.05) is 29.8 Å². The molecule has 1 aliphatic rings. The minimum atomic E-state index is -0.909. The maximum atomic E-state index is 13.4. The fourth-order valence-corrected chi connectivity index (χ4v) is 3.01. The molecule has 3 rings (SSSR count). The standard InChI is InChI=1S/C15H10ClFO2/c16-13-3-1-2-9-12(7-14(18)19)11-6-8(17)4-5-10(11)15(9)13/h1-6,12H,7H2,(H,18,19). The molecule has 1 N–H and O–H groups in total. The van der Waals surface area contributed by atoms with Crippen LogP contribution in [0.15, 0.2) is 36.4 Å². The summed E-state index contributed by atoms with van der Waals surface area (Å²) >= 11 is 6.20. The summed E-state index contributed by atoms with van der Waals surface area (Å²) in [5.41, 5.74) is 3.21. The molecule has 0 radical (unpaired) electrons. The van der Waals surface area contributed by atoms with Crippen LogP contribution in [0.4, 0.5) is 4.39 Å². The van der Waals surface area contributed by atoms with Crippen molar-refractivity contribution in [1.29, 1.82) is 0 Å². The number of fused-ring (bicyclic) bond motifs is 3. The van der Waals surface area contributed by atoms with Gasteiger partial charge in [-0.2, -0.15) is 0 Å². The maximum Gasteiger partial charge on any atom is 0.304 e. The lowest BCUT2D eigenvalue weighted by Gasteiger charge is -2.10. The molecule has 1 unspecified atom stereocenters. The number of carboxylic acids is 1. The predicted octanol–water partition coefficient (Wildman–Crippen LogP) is 4.07. The van der Waals surface area contributed by atoms with E-state index in [0.29, 0.717) is 10.6 Å². The van der Waals surface area contributed by atoms with Crippen LogP contribution in [0, 0.1) is 5.82 Å². The first-order valence-electron chi connectivity index (χ1n) is 5.88. The average Bonchev–Trinajstić information content (AvgIpc) is 2.64. The number of aliphatic carboxylic acids is 1. The summed E-state index contributed by atoms with van der Waals surface area (Å²) in [7, 11) is 0. The second-order valence-corrected chi connectivity index (χ2v) is 4.99. The Balaban J connectivity index is 2.26. The van der Waals surface area contributed by atoms with Gasteiger partial charge >= 0.3 is 5.97 Å². The van der Waals surface area contributed by atoms with Crippen LogP contribution < -0.4 is 0 Å². The summed E-state index contributed by atoms with van der Waals surface area (Å²) in [6.45, 7) is 0. The minimum absolute atomic E-state index is 0.0657. The topological polar surface area (TPSA) is 37.3 Å². The van der Waals surface area contributed by atoms with E-state index < -0.39 is 5.97 Å². The van der Waals surface area contributed by atoms with Crippen molar-refractivity contribution >= 4 is 17.6 Å². The molecule has 19 heavy (non-hydrogen) atoms. The van der Waals surface area contributed by atoms with Crippen molar-refractivity contribution in [3.63, 3.8) is 0 Å². The van der Waals surface area contributed by atoms with Gasteiger partial charge in [0.25, 0.3) is 0 Å². The van der Waals surface area contributed by atoms with Crippen molar-refractivity contribution in [1.82, 2.24) is 0 Å². The molecule has 4 heteroatoms. The first-order valence-corrected chi connectivity index (χ1v) is 6.25. The van der Waals surface area contributed by atoms with Gasteiger partial charge in [0.1, 0.15) is 5.82 Å². The van der Waals surface area contributed by atoms with E-state index in [4.69, 9.17) is 16.7 Å². The Labute approximate surface area is 114 Å². The molecule has 0 spiro atoms. The van der Waals surface area contributed by atoms with Gasteiger partial charge in [0.15, 0.2) is 0 Å². The zero-order valence-corrected chi connectivity index (χ0v) is 10.6. The number of halogens is 2. The third kappa shape index (κ3) is 1.90. The molecule has 0 heterocycles. The van der Waals surface area contributed by atoms with Crippen LogP contribution in [-0.2, 0) is 4.79 Å². The van der Waals surface area contributed by atoms with E-state index in [-0.39, 0.29) is 18.2 Å². The molecule has 0 fully saturated rings. The van der Waals surface area contributed by atoms with E-state index in [1.54, 1.807) is 18.2 Å². The Morgan fingerprint density at radius 2 is 2.05 bits per heavy atom. The fraction of sp³-hybridized carbons (Fsp3) is 0.133. The molecule has 2 aromatic carbocycles. The number of hydrogen-bond acceptors (Lipinski definition) is 1. The van der Waals surface area contributed by atoms with Crippen molar-refractivity contribution in [2.75, 3.05) is 0 Å². The van der Waals surface area contributed by atoms with Gasteiger partial charge in [-0.05, 0) is 34.9 Å². The molecule has 2 nitrogen and oxygen atoms in total. The highest BCUT2D eigenvalue weighted by atomic mass is 35.5. The van der Waals surface area contributed by atoms with Crippen molar-refractivity contribution in [2.45, 2.75) is 12.3 Å². The zero-order chi connectivity index (χ0) is 13.6. The average molecular weight is 277 g/mol. The van der Waals surface area contributed by atoms with Crippen molar-refractivity contribution in [2.24, 2.45) is 0 Å². The lowest BCUT2D eigenvalue weighted by Crippen LogP contribution is -2.05. The highest BCUT2D eigenvalue weighted by molar-refractivity contribution is 6.33. The van der Waals surface area contributed by atoms with Crippen LogP contribution in [0.25, 0.3) is 11.1 Å². The molecule has 1 aliphatic carbocycles. The molecule has 96 valence electrons. The summed E-state index contributed by atoms with van der Waals surface area (Å²) in [6.07, 6.45) is -0.0657. The van der Waals surface area contributed by atoms with Gasteiger partial charge in [0.05, 0.1) is 6.42 Å². The highest BCUT2D eigenvalue weighted by Gasteiger charge is 2.31. The van der Waals surface area contributed by atoms with Crippen LogP contribution >= 0.6 is 11.6 Å². The quantitative estimate of drug-likeness (QED) is 0.898. The third-order valence-electron chi connectivity index (χ3n) is 3.46. The first kappa shape index (κ1) is 12.2. The number of carboxylic acid groups (broad SMARTS) is 1. The van der Waals surface area contributed by atoms with Crippen LogP contribution in [-0.4, -0.2) is 11.1 Å². The van der Waals surface area contributed by atoms with Gasteiger partial charge in [-0.25, -0.2) is 4.39 Å². The molecule has 0 aromatic heterocycles. The Morgan fingerprint density at radius 3 is 2.79 bits per heavy atom. The van der Waals surface area contributed by atoms with E-state index in [1.165, 1.54) is 12.1 Å². The van der Waals surface area contributed by atoms with Crippen molar-refractivity contribution < 1.29 is 14.3 Å². The molecule has 0 saturated carbocycles. The Morgan fingerprint density at radius 1 is 1.26 bits per heavy atom. The zero-order valence-electron chi connectivity index (χ0n) is 9.86. The lowest BCUT2D eigenvalue weighted by molar-refractivity contribution is -0.137. The largest absolute Gasteiger partial charge is 0.481 e. The molecule has 1 atom stereocenters. The minimum Gasteiger partial charge on any atom is -0.481 e. The molecule has 0 saturated heterocycles. The summed E-state index contributed by atoms with van der Waals surface area (Å²) in [4.78, 5) is 11.0. The molecular formula is C15H10ClFO2. The molecule has 0 amide bonds. The van der Waals surface area contributed by atoms with E-state index in [9.17, 15) is 9.18 Å². The second-order valence-electron chi connectivity index (χ2n) is 4.59. The van der Waals surface area contributed by atoms with Gasteiger partial charge in [0.2, 0.25) is 0 Å². The van der Waals surface area contributed by atoms with Crippen molar-refractivity contribution in [3.05, 3.63) is 58.4 Å². The lowest BCUT2D eigenvalue weighted by atomic mass is 9.94. The SMILES string of the molecule is O=C(O)CC1c2cc(F)ccc2-c2c(Cl)cccc21. The Bertz CT molecular complexity index is 682.